The molecule has 0 spiro atoms. The van der Waals surface area contributed by atoms with Crippen LogP contribution in [0.4, 0.5) is 15.1 Å². The van der Waals surface area contributed by atoms with Crippen LogP contribution in [-0.2, 0) is 20.3 Å². The van der Waals surface area contributed by atoms with Gasteiger partial charge in [-0.05, 0) is 75.4 Å². The summed E-state index contributed by atoms with van der Waals surface area (Å²) in [5.74, 6) is -0.586. The fourth-order valence-corrected chi connectivity index (χ4v) is 5.12. The minimum Gasteiger partial charge on any atom is -0.447 e. The van der Waals surface area contributed by atoms with Crippen molar-refractivity contribution in [1.82, 2.24) is 10.6 Å². The number of para-hydroxylation sites is 1. The van der Waals surface area contributed by atoms with Crippen molar-refractivity contribution in [2.24, 2.45) is 0 Å². The van der Waals surface area contributed by atoms with E-state index in [9.17, 15) is 18.2 Å². The number of benzene rings is 3. The van der Waals surface area contributed by atoms with Crippen LogP contribution < -0.4 is 15.3 Å². The first kappa shape index (κ1) is 28.6. The molecule has 1 aliphatic carbocycles. The SMILES string of the molecule is CC1=C(CC(=O)NCCOC(=O)Nc2c[n+](-c3ccccc3)no2)c2cc(F)ccc2/C1=C\c1ccc(S(C)=O)cc1. The molecule has 2 amide bonds. The van der Waals surface area contributed by atoms with Crippen LogP contribution in [0.25, 0.3) is 22.9 Å². The number of carbonyl (C=O) groups excluding carboxylic acids is 2. The molecule has 0 saturated carbocycles. The number of carbonyl (C=O) groups is 2. The molecular formula is C31H28FN4O5S+. The van der Waals surface area contributed by atoms with Crippen LogP contribution in [0.15, 0.2) is 94.0 Å². The predicted octanol–water partition coefficient (Wildman–Crippen LogP) is 4.91. The molecule has 2 N–H and O–H groups in total. The van der Waals surface area contributed by atoms with Crippen molar-refractivity contribution in [3.63, 3.8) is 0 Å². The Morgan fingerprint density at radius 1 is 1.07 bits per heavy atom. The number of ether oxygens (including phenoxy) is 1. The van der Waals surface area contributed by atoms with Gasteiger partial charge in [0.2, 0.25) is 16.9 Å². The zero-order chi connectivity index (χ0) is 29.6. The minimum absolute atomic E-state index is 0.0249. The van der Waals surface area contributed by atoms with Crippen molar-refractivity contribution >= 4 is 45.9 Å². The van der Waals surface area contributed by atoms with E-state index in [0.717, 1.165) is 38.4 Å². The van der Waals surface area contributed by atoms with Crippen LogP contribution in [0, 0.1) is 5.82 Å². The van der Waals surface area contributed by atoms with E-state index in [0.29, 0.717) is 5.56 Å². The average molecular weight is 588 g/mol. The Hall–Kier alpha value is -4.90. The molecule has 1 aliphatic rings. The zero-order valence-corrected chi connectivity index (χ0v) is 23.7. The summed E-state index contributed by atoms with van der Waals surface area (Å²) in [5, 5.41) is 9.03. The lowest BCUT2D eigenvalue weighted by Crippen LogP contribution is -2.31. The minimum atomic E-state index is -1.08. The standard InChI is InChI=1S/C31H27FN4O5S/c1-20-26(16-21-8-11-24(12-9-21)42(2)39)25-13-10-22(32)17-28(25)27(20)18-29(37)33-14-15-40-31(38)34-30-19-36(35-41-30)23-6-4-3-5-7-23/h3-13,16-17,19H,14-15,18H2,1-2H3,(H-,33,34,35,37,38)/p+1/b26-16-. The van der Waals surface area contributed by atoms with Gasteiger partial charge >= 0.3 is 12.0 Å². The van der Waals surface area contributed by atoms with Gasteiger partial charge in [-0.2, -0.15) is 0 Å². The summed E-state index contributed by atoms with van der Waals surface area (Å²) in [6.45, 7) is 1.92. The highest BCUT2D eigenvalue weighted by Gasteiger charge is 2.26. The second-order valence-electron chi connectivity index (χ2n) is 9.51. The van der Waals surface area contributed by atoms with Crippen molar-refractivity contribution in [2.75, 3.05) is 24.7 Å². The van der Waals surface area contributed by atoms with Crippen molar-refractivity contribution in [3.05, 3.63) is 107 Å². The summed E-state index contributed by atoms with van der Waals surface area (Å²) in [4.78, 5) is 25.7. The van der Waals surface area contributed by atoms with Crippen LogP contribution in [-0.4, -0.2) is 40.9 Å². The first-order chi connectivity index (χ1) is 20.3. The average Bonchev–Trinajstić information content (AvgIpc) is 3.54. The summed E-state index contributed by atoms with van der Waals surface area (Å²) >= 11 is 0. The summed E-state index contributed by atoms with van der Waals surface area (Å²) < 4.78 is 37.6. The lowest BCUT2D eigenvalue weighted by molar-refractivity contribution is -0.670. The quantitative estimate of drug-likeness (QED) is 0.213. The molecule has 0 fully saturated rings. The molecule has 0 bridgehead atoms. The number of fused-ring (bicyclic) bond motifs is 1. The van der Waals surface area contributed by atoms with E-state index in [2.05, 4.69) is 15.9 Å². The maximum Gasteiger partial charge on any atom is 0.414 e. The Bertz CT molecular complexity index is 1710. The van der Waals surface area contributed by atoms with Crippen LogP contribution in [0.5, 0.6) is 0 Å². The van der Waals surface area contributed by atoms with Gasteiger partial charge in [0, 0.05) is 34.1 Å². The highest BCUT2D eigenvalue weighted by atomic mass is 32.2. The molecular weight excluding hydrogens is 559 g/mol. The Balaban J connectivity index is 1.17. The van der Waals surface area contributed by atoms with E-state index in [-0.39, 0.29) is 31.4 Å². The summed E-state index contributed by atoms with van der Waals surface area (Å²) in [7, 11) is -1.08. The molecule has 1 heterocycles. The fraction of sp³-hybridized carbons (Fsp3) is 0.161. The normalized spacial score (nSPS) is 14.0. The van der Waals surface area contributed by atoms with Crippen LogP contribution >= 0.6 is 0 Å². The van der Waals surface area contributed by atoms with Crippen LogP contribution in [0.1, 0.15) is 30.0 Å². The van der Waals surface area contributed by atoms with E-state index in [4.69, 9.17) is 9.26 Å². The molecule has 1 atom stereocenters. The maximum absolute atomic E-state index is 14.2. The van der Waals surface area contributed by atoms with Gasteiger partial charge in [0.05, 0.1) is 13.0 Å². The molecule has 1 unspecified atom stereocenters. The fourth-order valence-electron chi connectivity index (χ4n) is 4.60. The number of allylic oxidation sites excluding steroid dienone is 2. The maximum atomic E-state index is 14.2. The monoisotopic (exact) mass is 587 g/mol. The molecule has 1 aromatic heterocycles. The zero-order valence-electron chi connectivity index (χ0n) is 22.9. The number of hydrogen-bond donors (Lipinski definition) is 2. The molecule has 0 radical (unpaired) electrons. The molecule has 11 heteroatoms. The lowest BCUT2D eigenvalue weighted by atomic mass is 10.0. The third-order valence-electron chi connectivity index (χ3n) is 6.68. The number of rotatable bonds is 9. The molecule has 5 rings (SSSR count). The van der Waals surface area contributed by atoms with Gasteiger partial charge in [0.15, 0.2) is 0 Å². The highest BCUT2D eigenvalue weighted by Crippen LogP contribution is 2.43. The van der Waals surface area contributed by atoms with E-state index < -0.39 is 22.7 Å². The molecule has 0 aliphatic heterocycles. The number of amides is 2. The smallest absolute Gasteiger partial charge is 0.414 e. The van der Waals surface area contributed by atoms with Crippen LogP contribution in [0.2, 0.25) is 0 Å². The van der Waals surface area contributed by atoms with Crippen molar-refractivity contribution in [3.8, 4) is 5.69 Å². The van der Waals surface area contributed by atoms with Crippen molar-refractivity contribution < 1.29 is 32.1 Å². The van der Waals surface area contributed by atoms with Gasteiger partial charge in [-0.1, -0.05) is 36.4 Å². The molecule has 9 nitrogen and oxygen atoms in total. The Labute approximate surface area is 244 Å². The number of halogens is 1. The molecule has 4 aromatic rings. The van der Waals surface area contributed by atoms with Gasteiger partial charge in [-0.15, -0.1) is 0 Å². The van der Waals surface area contributed by atoms with Crippen molar-refractivity contribution in [2.45, 2.75) is 18.2 Å². The van der Waals surface area contributed by atoms with Gasteiger partial charge < -0.3 is 10.1 Å². The second-order valence-corrected chi connectivity index (χ2v) is 10.9. The van der Waals surface area contributed by atoms with Gasteiger partial charge in [-0.3, -0.25) is 18.8 Å². The lowest BCUT2D eigenvalue weighted by Gasteiger charge is -2.09. The topological polar surface area (TPSA) is 114 Å². The van der Waals surface area contributed by atoms with Crippen LogP contribution in [0.3, 0.4) is 0 Å². The van der Waals surface area contributed by atoms with Gasteiger partial charge in [-0.25, -0.2) is 9.18 Å². The number of nitrogens with zero attached hydrogens (tertiary/aromatic N) is 2. The number of anilines is 1. The summed E-state index contributed by atoms with van der Waals surface area (Å²) in [5.41, 5.74) is 5.63. The third-order valence-corrected chi connectivity index (χ3v) is 7.62. The second kappa shape index (κ2) is 12.7. The van der Waals surface area contributed by atoms with E-state index >= 15 is 0 Å². The number of aromatic nitrogens is 2. The number of hydrogen-bond acceptors (Lipinski definition) is 6. The largest absolute Gasteiger partial charge is 0.447 e. The molecule has 0 saturated heterocycles. The van der Waals surface area contributed by atoms with E-state index in [1.165, 1.54) is 23.0 Å². The predicted molar refractivity (Wildman–Crippen MR) is 156 cm³/mol. The molecule has 214 valence electrons. The van der Waals surface area contributed by atoms with Gasteiger partial charge in [0.1, 0.15) is 12.4 Å². The molecule has 3 aromatic carbocycles. The highest BCUT2D eigenvalue weighted by molar-refractivity contribution is 7.84. The molecule has 42 heavy (non-hydrogen) atoms. The number of nitrogens with one attached hydrogen (secondary N) is 2. The Morgan fingerprint density at radius 3 is 2.57 bits per heavy atom. The summed E-state index contributed by atoms with van der Waals surface area (Å²) in [6.07, 6.45) is 4.37. The van der Waals surface area contributed by atoms with Gasteiger partial charge in [0.25, 0.3) is 6.20 Å². The summed E-state index contributed by atoms with van der Waals surface area (Å²) in [6, 6.07) is 21.2. The third kappa shape index (κ3) is 6.69. The Morgan fingerprint density at radius 2 is 1.83 bits per heavy atom. The first-order valence-corrected chi connectivity index (χ1v) is 14.6. The Kier molecular flexibility index (Phi) is 8.68. The van der Waals surface area contributed by atoms with E-state index in [1.807, 2.05) is 67.6 Å². The van der Waals surface area contributed by atoms with Crippen molar-refractivity contribution in [1.29, 1.82) is 0 Å². The van der Waals surface area contributed by atoms with E-state index in [1.54, 1.807) is 12.3 Å². The first-order valence-electron chi connectivity index (χ1n) is 13.1.